The molecule has 0 spiro atoms. The quantitative estimate of drug-likeness (QED) is 0.776. The Morgan fingerprint density at radius 1 is 1.35 bits per heavy atom. The van der Waals surface area contributed by atoms with Gasteiger partial charge < -0.3 is 10.1 Å². The molecule has 1 rings (SSSR count). The Morgan fingerprint density at radius 2 is 2.12 bits per heavy atom. The summed E-state index contributed by atoms with van der Waals surface area (Å²) in [7, 11) is 0. The van der Waals surface area contributed by atoms with E-state index in [1.807, 2.05) is 6.92 Å². The predicted molar refractivity (Wildman–Crippen MR) is 73.4 cm³/mol. The SMILES string of the molecule is CCNCc1sc(COCC)nc1CC(C)C. The minimum atomic E-state index is 0.650. The topological polar surface area (TPSA) is 34.1 Å². The maximum Gasteiger partial charge on any atom is 0.119 e. The van der Waals surface area contributed by atoms with Gasteiger partial charge in [0.25, 0.3) is 0 Å². The van der Waals surface area contributed by atoms with E-state index in [1.54, 1.807) is 11.3 Å². The Kier molecular flexibility index (Phi) is 6.70. The first-order valence-electron chi connectivity index (χ1n) is 6.43. The molecule has 98 valence electrons. The average molecular weight is 256 g/mol. The molecule has 0 aliphatic carbocycles. The first kappa shape index (κ1) is 14.6. The van der Waals surface area contributed by atoms with Crippen LogP contribution in [0.25, 0.3) is 0 Å². The molecule has 0 saturated carbocycles. The van der Waals surface area contributed by atoms with Crippen LogP contribution < -0.4 is 5.32 Å². The lowest BCUT2D eigenvalue weighted by molar-refractivity contribution is 0.133. The van der Waals surface area contributed by atoms with Crippen molar-refractivity contribution in [3.8, 4) is 0 Å². The fraction of sp³-hybridized carbons (Fsp3) is 0.769. The van der Waals surface area contributed by atoms with Gasteiger partial charge in [0.2, 0.25) is 0 Å². The van der Waals surface area contributed by atoms with E-state index in [0.717, 1.165) is 31.1 Å². The number of hydrogen-bond donors (Lipinski definition) is 1. The number of thiazole rings is 1. The summed E-state index contributed by atoms with van der Waals surface area (Å²) in [4.78, 5) is 6.06. The summed E-state index contributed by atoms with van der Waals surface area (Å²) in [6.07, 6.45) is 1.06. The molecular weight excluding hydrogens is 232 g/mol. The van der Waals surface area contributed by atoms with Gasteiger partial charge in [-0.25, -0.2) is 4.98 Å². The van der Waals surface area contributed by atoms with Crippen molar-refractivity contribution >= 4 is 11.3 Å². The minimum absolute atomic E-state index is 0.650. The fourth-order valence-corrected chi connectivity index (χ4v) is 2.61. The molecule has 0 fully saturated rings. The standard InChI is InChI=1S/C13H24N2OS/c1-5-14-8-12-11(7-10(3)4)15-13(17-12)9-16-6-2/h10,14H,5-9H2,1-4H3. The van der Waals surface area contributed by atoms with E-state index in [9.17, 15) is 0 Å². The molecule has 1 N–H and O–H groups in total. The van der Waals surface area contributed by atoms with Crippen molar-refractivity contribution < 1.29 is 4.74 Å². The van der Waals surface area contributed by atoms with Gasteiger partial charge in [0.1, 0.15) is 5.01 Å². The highest BCUT2D eigenvalue weighted by molar-refractivity contribution is 7.11. The van der Waals surface area contributed by atoms with Gasteiger partial charge in [-0.15, -0.1) is 11.3 Å². The van der Waals surface area contributed by atoms with E-state index in [2.05, 4.69) is 26.1 Å². The van der Waals surface area contributed by atoms with Crippen LogP contribution in [0.3, 0.4) is 0 Å². The van der Waals surface area contributed by atoms with Crippen LogP contribution >= 0.6 is 11.3 Å². The summed E-state index contributed by atoms with van der Waals surface area (Å²) in [5, 5.41) is 4.48. The van der Waals surface area contributed by atoms with Crippen molar-refractivity contribution in [1.82, 2.24) is 10.3 Å². The Hall–Kier alpha value is -0.450. The Balaban J connectivity index is 2.71. The van der Waals surface area contributed by atoms with Crippen molar-refractivity contribution in [2.75, 3.05) is 13.2 Å². The second kappa shape index (κ2) is 7.80. The van der Waals surface area contributed by atoms with Gasteiger partial charge in [0, 0.05) is 18.0 Å². The molecule has 0 radical (unpaired) electrons. The zero-order chi connectivity index (χ0) is 12.7. The summed E-state index contributed by atoms with van der Waals surface area (Å²) in [6.45, 7) is 12.0. The lowest BCUT2D eigenvalue weighted by Crippen LogP contribution is -2.12. The average Bonchev–Trinajstić information content (AvgIpc) is 2.65. The van der Waals surface area contributed by atoms with Crippen LogP contribution in [0.5, 0.6) is 0 Å². The number of hydrogen-bond acceptors (Lipinski definition) is 4. The zero-order valence-corrected chi connectivity index (χ0v) is 12.2. The van der Waals surface area contributed by atoms with Crippen LogP contribution in [0.1, 0.15) is 43.3 Å². The van der Waals surface area contributed by atoms with Crippen LogP contribution in [0.2, 0.25) is 0 Å². The van der Waals surface area contributed by atoms with Crippen molar-refractivity contribution in [2.24, 2.45) is 5.92 Å². The van der Waals surface area contributed by atoms with E-state index in [0.29, 0.717) is 12.5 Å². The summed E-state index contributed by atoms with van der Waals surface area (Å²) < 4.78 is 5.42. The molecule has 0 saturated heterocycles. The molecule has 0 bridgehead atoms. The van der Waals surface area contributed by atoms with E-state index in [-0.39, 0.29) is 0 Å². The molecule has 0 unspecified atom stereocenters. The molecule has 1 aromatic rings. The summed E-state index contributed by atoms with van der Waals surface area (Å²) in [6, 6.07) is 0. The highest BCUT2D eigenvalue weighted by Gasteiger charge is 2.12. The van der Waals surface area contributed by atoms with Gasteiger partial charge in [0.15, 0.2) is 0 Å². The Morgan fingerprint density at radius 3 is 2.71 bits per heavy atom. The molecule has 0 aliphatic rings. The minimum Gasteiger partial charge on any atom is -0.375 e. The van der Waals surface area contributed by atoms with E-state index < -0.39 is 0 Å². The van der Waals surface area contributed by atoms with Crippen LogP contribution in [-0.4, -0.2) is 18.1 Å². The molecular formula is C13H24N2OS. The van der Waals surface area contributed by atoms with Gasteiger partial charge in [-0.05, 0) is 25.8 Å². The molecule has 4 heteroatoms. The van der Waals surface area contributed by atoms with E-state index in [4.69, 9.17) is 9.72 Å². The van der Waals surface area contributed by atoms with Gasteiger partial charge >= 0.3 is 0 Å². The lowest BCUT2D eigenvalue weighted by atomic mass is 10.1. The first-order valence-corrected chi connectivity index (χ1v) is 7.24. The predicted octanol–water partition coefficient (Wildman–Crippen LogP) is 2.99. The monoisotopic (exact) mass is 256 g/mol. The van der Waals surface area contributed by atoms with Crippen LogP contribution in [0.4, 0.5) is 0 Å². The number of ether oxygens (including phenoxy) is 1. The Labute approximate surface area is 109 Å². The highest BCUT2D eigenvalue weighted by Crippen LogP contribution is 2.22. The molecule has 0 amide bonds. The Bertz CT molecular complexity index is 323. The number of aromatic nitrogens is 1. The highest BCUT2D eigenvalue weighted by atomic mass is 32.1. The third-order valence-electron chi connectivity index (χ3n) is 2.39. The molecule has 1 heterocycles. The van der Waals surface area contributed by atoms with Gasteiger partial charge in [-0.3, -0.25) is 0 Å². The molecule has 0 aliphatic heterocycles. The molecule has 1 aromatic heterocycles. The number of nitrogens with one attached hydrogen (secondary N) is 1. The van der Waals surface area contributed by atoms with Crippen molar-refractivity contribution in [2.45, 2.75) is 47.3 Å². The lowest BCUT2D eigenvalue weighted by Gasteiger charge is -2.04. The van der Waals surface area contributed by atoms with Gasteiger partial charge in [-0.2, -0.15) is 0 Å². The third-order valence-corrected chi connectivity index (χ3v) is 3.46. The van der Waals surface area contributed by atoms with E-state index in [1.165, 1.54) is 10.6 Å². The van der Waals surface area contributed by atoms with Crippen LogP contribution in [-0.2, 0) is 24.3 Å². The second-order valence-corrected chi connectivity index (χ2v) is 5.66. The maximum absolute atomic E-state index is 5.42. The summed E-state index contributed by atoms with van der Waals surface area (Å²) in [5.41, 5.74) is 1.25. The molecule has 3 nitrogen and oxygen atoms in total. The molecule has 0 atom stereocenters. The summed E-state index contributed by atoms with van der Waals surface area (Å²) in [5.74, 6) is 0.650. The first-order chi connectivity index (χ1) is 8.17. The zero-order valence-electron chi connectivity index (χ0n) is 11.4. The normalized spacial score (nSPS) is 11.4. The van der Waals surface area contributed by atoms with Crippen molar-refractivity contribution in [3.05, 3.63) is 15.6 Å². The van der Waals surface area contributed by atoms with Crippen molar-refractivity contribution in [3.63, 3.8) is 0 Å². The van der Waals surface area contributed by atoms with E-state index >= 15 is 0 Å². The maximum atomic E-state index is 5.42. The second-order valence-electron chi connectivity index (χ2n) is 4.49. The molecule has 0 aromatic carbocycles. The smallest absolute Gasteiger partial charge is 0.119 e. The van der Waals surface area contributed by atoms with Crippen LogP contribution in [0.15, 0.2) is 0 Å². The van der Waals surface area contributed by atoms with Gasteiger partial charge in [-0.1, -0.05) is 20.8 Å². The molecule has 17 heavy (non-hydrogen) atoms. The van der Waals surface area contributed by atoms with Gasteiger partial charge in [0.05, 0.1) is 12.3 Å². The summed E-state index contributed by atoms with van der Waals surface area (Å²) >= 11 is 1.78. The fourth-order valence-electron chi connectivity index (χ4n) is 1.61. The van der Waals surface area contributed by atoms with Crippen LogP contribution in [0, 0.1) is 5.92 Å². The number of rotatable bonds is 8. The van der Waals surface area contributed by atoms with Crippen molar-refractivity contribution in [1.29, 1.82) is 0 Å². The third kappa shape index (κ3) is 5.15. The largest absolute Gasteiger partial charge is 0.375 e. The number of nitrogens with zero attached hydrogens (tertiary/aromatic N) is 1.